The van der Waals surface area contributed by atoms with Crippen molar-refractivity contribution in [2.24, 2.45) is 0 Å². The minimum atomic E-state index is 0.0348. The van der Waals surface area contributed by atoms with Gasteiger partial charge in [0.25, 0.3) is 0 Å². The van der Waals surface area contributed by atoms with E-state index in [1.54, 1.807) is 0 Å². The number of ketones is 1. The summed E-state index contributed by atoms with van der Waals surface area (Å²) in [6.45, 7) is 2.01. The van der Waals surface area contributed by atoms with Gasteiger partial charge in [0.2, 0.25) is 0 Å². The second kappa shape index (κ2) is 6.77. The van der Waals surface area contributed by atoms with E-state index in [0.717, 1.165) is 16.7 Å². The highest BCUT2D eigenvalue weighted by atomic mass is 16.1. The van der Waals surface area contributed by atoms with E-state index in [9.17, 15) is 4.79 Å². The highest BCUT2D eigenvalue weighted by molar-refractivity contribution is 6.09. The van der Waals surface area contributed by atoms with Gasteiger partial charge in [-0.2, -0.15) is 0 Å². The predicted molar refractivity (Wildman–Crippen MR) is 93.5 cm³/mol. The summed E-state index contributed by atoms with van der Waals surface area (Å²) in [7, 11) is 0. The Labute approximate surface area is 136 Å². The zero-order valence-electron chi connectivity index (χ0n) is 12.9. The standard InChI is InChI=1S/C22H16O/c1-17-7-13-20(14-8-17)22(23)21-15-11-19(12-16-21)10-9-18-5-3-2-4-6-18/h2-8,11-16H,1H3. The molecule has 0 heterocycles. The third-order valence-electron chi connectivity index (χ3n) is 3.59. The van der Waals surface area contributed by atoms with Crippen molar-refractivity contribution in [1.29, 1.82) is 0 Å². The SMILES string of the molecule is Cc1ccc(C(=O)c2ccc(C#Cc3ccccc3)cc2)cc1. The van der Waals surface area contributed by atoms with Gasteiger partial charge in [-0.15, -0.1) is 0 Å². The highest BCUT2D eigenvalue weighted by Crippen LogP contribution is 2.12. The van der Waals surface area contributed by atoms with E-state index in [1.165, 1.54) is 0 Å². The van der Waals surface area contributed by atoms with Gasteiger partial charge in [-0.1, -0.05) is 59.9 Å². The molecule has 0 unspecified atom stereocenters. The molecule has 0 aliphatic carbocycles. The van der Waals surface area contributed by atoms with Crippen LogP contribution < -0.4 is 0 Å². The van der Waals surface area contributed by atoms with Crippen LogP contribution in [0.4, 0.5) is 0 Å². The molecule has 3 aromatic carbocycles. The molecular weight excluding hydrogens is 280 g/mol. The van der Waals surface area contributed by atoms with E-state index in [2.05, 4.69) is 11.8 Å². The van der Waals surface area contributed by atoms with Gasteiger partial charge in [-0.25, -0.2) is 0 Å². The topological polar surface area (TPSA) is 17.1 Å². The minimum Gasteiger partial charge on any atom is -0.289 e. The van der Waals surface area contributed by atoms with Crippen LogP contribution >= 0.6 is 0 Å². The molecule has 0 saturated heterocycles. The zero-order chi connectivity index (χ0) is 16.1. The van der Waals surface area contributed by atoms with Crippen LogP contribution in [0, 0.1) is 18.8 Å². The van der Waals surface area contributed by atoms with Gasteiger partial charge in [-0.05, 0) is 43.3 Å². The van der Waals surface area contributed by atoms with Crippen molar-refractivity contribution in [3.63, 3.8) is 0 Å². The monoisotopic (exact) mass is 296 g/mol. The molecule has 0 fully saturated rings. The third-order valence-corrected chi connectivity index (χ3v) is 3.59. The van der Waals surface area contributed by atoms with E-state index < -0.39 is 0 Å². The maximum absolute atomic E-state index is 12.4. The van der Waals surface area contributed by atoms with Crippen molar-refractivity contribution in [3.8, 4) is 11.8 Å². The van der Waals surface area contributed by atoms with Crippen LogP contribution in [0.2, 0.25) is 0 Å². The molecule has 0 radical (unpaired) electrons. The Bertz CT molecular complexity index is 861. The molecule has 0 spiro atoms. The van der Waals surface area contributed by atoms with Gasteiger partial charge in [0.15, 0.2) is 5.78 Å². The minimum absolute atomic E-state index is 0.0348. The van der Waals surface area contributed by atoms with Crippen LogP contribution in [0.25, 0.3) is 0 Å². The molecule has 23 heavy (non-hydrogen) atoms. The van der Waals surface area contributed by atoms with Crippen molar-refractivity contribution < 1.29 is 4.79 Å². The van der Waals surface area contributed by atoms with Crippen molar-refractivity contribution in [2.75, 3.05) is 0 Å². The van der Waals surface area contributed by atoms with Crippen LogP contribution in [0.3, 0.4) is 0 Å². The van der Waals surface area contributed by atoms with Crippen LogP contribution in [-0.4, -0.2) is 5.78 Å². The van der Waals surface area contributed by atoms with Crippen molar-refractivity contribution in [3.05, 3.63) is 107 Å². The molecule has 0 amide bonds. The first kappa shape index (κ1) is 14.8. The normalized spacial score (nSPS) is 9.78. The predicted octanol–water partition coefficient (Wildman–Crippen LogP) is 4.63. The van der Waals surface area contributed by atoms with Gasteiger partial charge in [0.05, 0.1) is 0 Å². The second-order valence-electron chi connectivity index (χ2n) is 5.39. The fourth-order valence-corrected chi connectivity index (χ4v) is 2.24. The maximum atomic E-state index is 12.4. The van der Waals surface area contributed by atoms with Crippen molar-refractivity contribution in [2.45, 2.75) is 6.92 Å². The van der Waals surface area contributed by atoms with E-state index in [-0.39, 0.29) is 5.78 Å². The lowest BCUT2D eigenvalue weighted by atomic mass is 10.0. The first-order valence-electron chi connectivity index (χ1n) is 7.51. The summed E-state index contributed by atoms with van der Waals surface area (Å²) in [6.07, 6.45) is 0. The van der Waals surface area contributed by atoms with Gasteiger partial charge in [-0.3, -0.25) is 4.79 Å². The fourth-order valence-electron chi connectivity index (χ4n) is 2.24. The average Bonchev–Trinajstić information content (AvgIpc) is 2.61. The largest absolute Gasteiger partial charge is 0.289 e. The molecule has 3 aromatic rings. The van der Waals surface area contributed by atoms with Crippen LogP contribution in [0.5, 0.6) is 0 Å². The van der Waals surface area contributed by atoms with Crippen LogP contribution in [0.1, 0.15) is 32.6 Å². The Hall–Kier alpha value is -3.11. The lowest BCUT2D eigenvalue weighted by molar-refractivity contribution is 0.103. The number of carbonyl (C=O) groups is 1. The number of rotatable bonds is 2. The van der Waals surface area contributed by atoms with Crippen LogP contribution in [-0.2, 0) is 0 Å². The van der Waals surface area contributed by atoms with E-state index in [1.807, 2.05) is 85.8 Å². The molecule has 0 atom stereocenters. The van der Waals surface area contributed by atoms with Crippen molar-refractivity contribution >= 4 is 5.78 Å². The van der Waals surface area contributed by atoms with Crippen molar-refractivity contribution in [1.82, 2.24) is 0 Å². The molecule has 3 rings (SSSR count). The Kier molecular flexibility index (Phi) is 4.36. The van der Waals surface area contributed by atoms with Crippen LogP contribution in [0.15, 0.2) is 78.9 Å². The smallest absolute Gasteiger partial charge is 0.193 e. The molecule has 0 aliphatic rings. The summed E-state index contributed by atoms with van der Waals surface area (Å²) in [5.41, 5.74) is 4.41. The molecule has 0 aliphatic heterocycles. The molecule has 0 N–H and O–H groups in total. The fraction of sp³-hybridized carbons (Fsp3) is 0.0455. The molecule has 1 heteroatoms. The highest BCUT2D eigenvalue weighted by Gasteiger charge is 2.08. The molecule has 1 nitrogen and oxygen atoms in total. The van der Waals surface area contributed by atoms with E-state index in [4.69, 9.17) is 0 Å². The summed E-state index contributed by atoms with van der Waals surface area (Å²) in [5, 5.41) is 0. The van der Waals surface area contributed by atoms with Gasteiger partial charge in [0, 0.05) is 22.3 Å². The first-order chi connectivity index (χ1) is 11.2. The molecular formula is C22H16O. The number of carbonyl (C=O) groups excluding carboxylic acids is 1. The lowest BCUT2D eigenvalue weighted by Gasteiger charge is -2.02. The third kappa shape index (κ3) is 3.75. The molecule has 0 bridgehead atoms. The second-order valence-corrected chi connectivity index (χ2v) is 5.39. The number of aryl methyl sites for hydroxylation is 1. The maximum Gasteiger partial charge on any atom is 0.193 e. The average molecular weight is 296 g/mol. The molecule has 110 valence electrons. The molecule has 0 aromatic heterocycles. The van der Waals surface area contributed by atoms with E-state index in [0.29, 0.717) is 11.1 Å². The Morgan fingerprint density at radius 2 is 1.13 bits per heavy atom. The number of benzene rings is 3. The summed E-state index contributed by atoms with van der Waals surface area (Å²) in [4.78, 5) is 12.4. The zero-order valence-corrected chi connectivity index (χ0v) is 12.9. The number of hydrogen-bond acceptors (Lipinski definition) is 1. The van der Waals surface area contributed by atoms with Gasteiger partial charge < -0.3 is 0 Å². The first-order valence-corrected chi connectivity index (χ1v) is 7.51. The lowest BCUT2D eigenvalue weighted by Crippen LogP contribution is -2.00. The Morgan fingerprint density at radius 3 is 1.70 bits per heavy atom. The molecule has 0 saturated carbocycles. The van der Waals surface area contributed by atoms with Gasteiger partial charge >= 0.3 is 0 Å². The Balaban J connectivity index is 1.78. The summed E-state index contributed by atoms with van der Waals surface area (Å²) < 4.78 is 0. The van der Waals surface area contributed by atoms with E-state index >= 15 is 0 Å². The van der Waals surface area contributed by atoms with Gasteiger partial charge in [0.1, 0.15) is 0 Å². The summed E-state index contributed by atoms with van der Waals surface area (Å²) in [6, 6.07) is 24.9. The number of hydrogen-bond donors (Lipinski definition) is 0. The Morgan fingerprint density at radius 1 is 0.652 bits per heavy atom. The quantitative estimate of drug-likeness (QED) is 0.498. The summed E-state index contributed by atoms with van der Waals surface area (Å²) >= 11 is 0. The summed E-state index contributed by atoms with van der Waals surface area (Å²) in [5.74, 6) is 6.26.